The lowest BCUT2D eigenvalue weighted by Gasteiger charge is -2.36. The van der Waals surface area contributed by atoms with Gasteiger partial charge in [0.1, 0.15) is 12.8 Å². The summed E-state index contributed by atoms with van der Waals surface area (Å²) >= 11 is 0. The molecular weight excluding hydrogens is 380 g/mol. The number of alkyl halides is 1. The molecule has 2 aliphatic heterocycles. The number of halogens is 1. The maximum absolute atomic E-state index is 13.2. The highest BCUT2D eigenvalue weighted by Crippen LogP contribution is 2.44. The third-order valence-electron chi connectivity index (χ3n) is 6.96. The van der Waals surface area contributed by atoms with Crippen LogP contribution in [-0.4, -0.2) is 36.7 Å². The van der Waals surface area contributed by atoms with Crippen LogP contribution in [0.4, 0.5) is 10.1 Å². The van der Waals surface area contributed by atoms with Crippen LogP contribution in [0.3, 0.4) is 0 Å². The van der Waals surface area contributed by atoms with Crippen LogP contribution in [0.2, 0.25) is 0 Å². The summed E-state index contributed by atoms with van der Waals surface area (Å²) in [5.74, 6) is 1.11. The lowest BCUT2D eigenvalue weighted by Crippen LogP contribution is -2.48. The number of nitrogens with one attached hydrogen (secondary N) is 1. The van der Waals surface area contributed by atoms with E-state index in [2.05, 4.69) is 43.2 Å². The third kappa shape index (κ3) is 3.75. The van der Waals surface area contributed by atoms with Crippen LogP contribution < -0.4 is 15.0 Å². The van der Waals surface area contributed by atoms with Gasteiger partial charge in [0, 0.05) is 24.0 Å². The second kappa shape index (κ2) is 7.89. The molecule has 2 aliphatic rings. The summed E-state index contributed by atoms with van der Waals surface area (Å²) in [5.41, 5.74) is 3.60. The number of benzene rings is 1. The van der Waals surface area contributed by atoms with Gasteiger partial charge in [-0.1, -0.05) is 38.1 Å². The van der Waals surface area contributed by atoms with Crippen LogP contribution in [0.15, 0.2) is 36.4 Å². The molecule has 0 radical (unpaired) electrons. The molecule has 4 rings (SSSR count). The highest BCUT2D eigenvalue weighted by atomic mass is 18.2. The monoisotopic (exact) mass is 410 g/mol. The Bertz CT molecular complexity index is 927. The predicted octanol–water partition coefficient (Wildman–Crippen LogP) is 4.00. The van der Waals surface area contributed by atoms with Gasteiger partial charge in [0.15, 0.2) is 0 Å². The van der Waals surface area contributed by atoms with Crippen LogP contribution in [0, 0.1) is 18.3 Å². The lowest BCUT2D eigenvalue weighted by molar-refractivity contribution is -0.128. The predicted molar refractivity (Wildman–Crippen MR) is 116 cm³/mol. The van der Waals surface area contributed by atoms with E-state index in [1.54, 1.807) is 0 Å². The number of carbonyl (C=O) groups excluding carboxylic acids is 1. The van der Waals surface area contributed by atoms with E-state index in [9.17, 15) is 9.18 Å². The van der Waals surface area contributed by atoms with Crippen molar-refractivity contribution in [3.8, 4) is 5.88 Å². The number of aromatic nitrogens is 1. The first-order valence-electron chi connectivity index (χ1n) is 10.6. The van der Waals surface area contributed by atoms with Crippen molar-refractivity contribution < 1.29 is 13.9 Å². The van der Waals surface area contributed by atoms with Crippen molar-refractivity contribution in [3.05, 3.63) is 53.2 Å². The zero-order valence-electron chi connectivity index (χ0n) is 18.1. The maximum Gasteiger partial charge on any atom is 0.226 e. The van der Waals surface area contributed by atoms with Crippen molar-refractivity contribution in [1.82, 2.24) is 10.3 Å². The Labute approximate surface area is 177 Å². The van der Waals surface area contributed by atoms with Gasteiger partial charge in [-0.25, -0.2) is 9.37 Å². The number of nitrogens with zero attached hydrogens (tertiary/aromatic N) is 2. The van der Waals surface area contributed by atoms with Crippen molar-refractivity contribution in [2.24, 2.45) is 11.3 Å². The quantitative estimate of drug-likeness (QED) is 0.782. The maximum atomic E-state index is 13.2. The van der Waals surface area contributed by atoms with E-state index in [1.807, 2.05) is 36.1 Å². The van der Waals surface area contributed by atoms with E-state index in [1.165, 1.54) is 0 Å². The fourth-order valence-electron chi connectivity index (χ4n) is 4.41. The number of aryl methyl sites for hydroxylation is 1. The van der Waals surface area contributed by atoms with Gasteiger partial charge in [-0.15, -0.1) is 0 Å². The summed E-state index contributed by atoms with van der Waals surface area (Å²) in [7, 11) is 0. The number of rotatable bonds is 6. The highest BCUT2D eigenvalue weighted by molar-refractivity contribution is 5.85. The fraction of sp³-hybridized carbons (Fsp3) is 0.500. The summed E-state index contributed by atoms with van der Waals surface area (Å²) in [6, 6.07) is 12.1. The number of hydrogen-bond acceptors (Lipinski definition) is 4. The molecule has 2 saturated heterocycles. The van der Waals surface area contributed by atoms with E-state index in [-0.39, 0.29) is 11.8 Å². The first-order valence-corrected chi connectivity index (χ1v) is 10.6. The van der Waals surface area contributed by atoms with Crippen molar-refractivity contribution in [2.75, 3.05) is 24.5 Å². The van der Waals surface area contributed by atoms with E-state index in [0.29, 0.717) is 31.5 Å². The van der Waals surface area contributed by atoms with Crippen LogP contribution >= 0.6 is 0 Å². The molecule has 0 saturated carbocycles. The molecule has 3 heterocycles. The summed E-state index contributed by atoms with van der Waals surface area (Å²) in [5, 5.41) is 3.00. The van der Waals surface area contributed by atoms with E-state index < -0.39 is 11.6 Å². The van der Waals surface area contributed by atoms with Gasteiger partial charge in [0.05, 0.1) is 18.5 Å². The van der Waals surface area contributed by atoms with E-state index in [0.717, 1.165) is 29.1 Å². The number of ether oxygens (including phenoxy) is 1. The molecule has 0 unspecified atom stereocenters. The average molecular weight is 411 g/mol. The van der Waals surface area contributed by atoms with Crippen molar-refractivity contribution in [3.63, 3.8) is 0 Å². The Morgan fingerprint density at radius 2 is 2.00 bits per heavy atom. The lowest BCUT2D eigenvalue weighted by atomic mass is 9.68. The molecular formula is C24H30FN3O2. The zero-order chi connectivity index (χ0) is 21.5. The number of hydrogen-bond donors (Lipinski definition) is 1. The summed E-state index contributed by atoms with van der Waals surface area (Å²) in [6.45, 7) is 10.2. The zero-order valence-corrected chi connectivity index (χ0v) is 18.1. The second-order valence-electron chi connectivity index (χ2n) is 8.95. The molecule has 0 bridgehead atoms. The molecule has 0 aliphatic carbocycles. The molecule has 0 spiro atoms. The van der Waals surface area contributed by atoms with Crippen molar-refractivity contribution in [1.29, 1.82) is 0 Å². The van der Waals surface area contributed by atoms with E-state index in [4.69, 9.17) is 4.74 Å². The minimum absolute atomic E-state index is 0.127. The molecule has 5 nitrogen and oxygen atoms in total. The van der Waals surface area contributed by atoms with Gasteiger partial charge in [0.2, 0.25) is 11.8 Å². The van der Waals surface area contributed by atoms with Crippen LogP contribution in [-0.2, 0) is 11.4 Å². The van der Waals surface area contributed by atoms with Gasteiger partial charge in [-0.05, 0) is 42.9 Å². The molecule has 2 aromatic rings. The van der Waals surface area contributed by atoms with Crippen LogP contribution in [0.25, 0.3) is 0 Å². The fourth-order valence-corrected chi connectivity index (χ4v) is 4.41. The van der Waals surface area contributed by atoms with Crippen LogP contribution in [0.5, 0.6) is 5.88 Å². The molecule has 30 heavy (non-hydrogen) atoms. The van der Waals surface area contributed by atoms with Crippen molar-refractivity contribution >= 4 is 11.6 Å². The topological polar surface area (TPSA) is 54.5 Å². The van der Waals surface area contributed by atoms with E-state index >= 15 is 0 Å². The van der Waals surface area contributed by atoms with Gasteiger partial charge in [0.25, 0.3) is 0 Å². The first-order chi connectivity index (χ1) is 14.3. The number of pyridine rings is 1. The third-order valence-corrected chi connectivity index (χ3v) is 6.96. The molecule has 160 valence electrons. The van der Waals surface area contributed by atoms with Crippen LogP contribution in [0.1, 0.15) is 43.5 Å². The minimum Gasteiger partial charge on any atom is -0.473 e. The van der Waals surface area contributed by atoms with Gasteiger partial charge < -0.3 is 15.0 Å². The molecule has 1 amide bonds. The average Bonchev–Trinajstić information content (AvgIpc) is 2.97. The van der Waals surface area contributed by atoms with Gasteiger partial charge >= 0.3 is 0 Å². The minimum atomic E-state index is -0.746. The smallest absolute Gasteiger partial charge is 0.226 e. The first kappa shape index (κ1) is 20.6. The SMILES string of the molecule is Cc1cc(N2CC([18F])C2)cc(OCc2ccc([C@@H](C)[C@@]3(C)C(=O)NC[C@@H]3C)cc2)n1. The Hall–Kier alpha value is -2.63. The largest absolute Gasteiger partial charge is 0.473 e. The highest BCUT2D eigenvalue weighted by Gasteiger charge is 2.48. The van der Waals surface area contributed by atoms with Gasteiger partial charge in [-0.2, -0.15) is 0 Å². The molecule has 1 aromatic carbocycles. The summed E-state index contributed by atoms with van der Waals surface area (Å²) < 4.78 is 19.1. The number of amides is 1. The summed E-state index contributed by atoms with van der Waals surface area (Å²) in [6.07, 6.45) is -0.746. The Morgan fingerprint density at radius 1 is 1.30 bits per heavy atom. The normalized spacial score (nSPS) is 25.0. The molecule has 1 aromatic heterocycles. The molecule has 2 fully saturated rings. The molecule has 6 heteroatoms. The number of anilines is 1. The molecule has 1 N–H and O–H groups in total. The molecule has 3 atom stereocenters. The van der Waals surface area contributed by atoms with Crippen molar-refractivity contribution in [2.45, 2.75) is 46.4 Å². The van der Waals surface area contributed by atoms with Gasteiger partial charge in [-0.3, -0.25) is 4.79 Å². The standard InChI is InChI=1S/C24H30FN3O2/c1-15-11-26-23(29)24(15,4)17(3)19-7-5-18(6-8-19)14-30-22-10-21(9-16(2)27-22)28-12-20(25)13-28/h5-10,15,17,20H,11-14H2,1-4H3,(H,26,29)/t15-,17+,24-/m0/s1/i25-1. The Morgan fingerprint density at radius 3 is 2.60 bits per heavy atom. The second-order valence-corrected chi connectivity index (χ2v) is 8.95. The summed E-state index contributed by atoms with van der Waals surface area (Å²) in [4.78, 5) is 18.9. The Balaban J connectivity index is 1.41. The Kier molecular flexibility index (Phi) is 5.43. The number of carbonyl (C=O) groups is 1.